The molecule has 0 saturated carbocycles. The van der Waals surface area contributed by atoms with Gasteiger partial charge in [0.05, 0.1) is 21.6 Å². The quantitative estimate of drug-likeness (QED) is 0.680. The maximum absolute atomic E-state index is 12.2. The van der Waals surface area contributed by atoms with E-state index < -0.39 is 5.97 Å². The van der Waals surface area contributed by atoms with Crippen LogP contribution in [-0.4, -0.2) is 22.7 Å². The molecule has 2 heterocycles. The molecule has 2 aromatic carbocycles. The summed E-state index contributed by atoms with van der Waals surface area (Å²) in [5.74, 6) is 0.616. The highest BCUT2D eigenvalue weighted by Crippen LogP contribution is 2.39. The molecule has 0 radical (unpaired) electrons. The summed E-state index contributed by atoms with van der Waals surface area (Å²) in [6, 6.07) is 8.47. The Hall–Kier alpha value is -2.86. The van der Waals surface area contributed by atoms with Crippen LogP contribution in [0.25, 0.3) is 11.0 Å². The zero-order chi connectivity index (χ0) is 16.5. The Balaban J connectivity index is 1.51. The Morgan fingerprint density at radius 2 is 1.96 bits per heavy atom. The van der Waals surface area contributed by atoms with Gasteiger partial charge in [0.1, 0.15) is 6.61 Å². The summed E-state index contributed by atoms with van der Waals surface area (Å²) in [5.41, 5.74) is 2.49. The predicted octanol–water partition coefficient (Wildman–Crippen LogP) is 3.37. The van der Waals surface area contributed by atoms with E-state index in [-0.39, 0.29) is 13.4 Å². The number of rotatable bonds is 3. The van der Waals surface area contributed by atoms with Gasteiger partial charge < -0.3 is 14.2 Å². The van der Waals surface area contributed by atoms with Gasteiger partial charge in [-0.2, -0.15) is 0 Å². The molecule has 1 aliphatic rings. The molecule has 3 aromatic rings. The van der Waals surface area contributed by atoms with Crippen LogP contribution in [0.15, 0.2) is 42.7 Å². The highest BCUT2D eigenvalue weighted by Gasteiger charge is 2.19. The fourth-order valence-corrected chi connectivity index (χ4v) is 2.71. The maximum Gasteiger partial charge on any atom is 0.338 e. The highest BCUT2D eigenvalue weighted by molar-refractivity contribution is 6.32. The Kier molecular flexibility index (Phi) is 3.66. The molecule has 4 rings (SSSR count). The number of benzene rings is 2. The number of ether oxygens (including phenoxy) is 3. The van der Waals surface area contributed by atoms with Crippen molar-refractivity contribution >= 4 is 28.6 Å². The van der Waals surface area contributed by atoms with Crippen LogP contribution in [0.5, 0.6) is 11.5 Å². The summed E-state index contributed by atoms with van der Waals surface area (Å²) in [5, 5.41) is 0.428. The molecule has 0 aliphatic carbocycles. The fraction of sp³-hybridized carbons (Fsp3) is 0.118. The van der Waals surface area contributed by atoms with Gasteiger partial charge in [0.15, 0.2) is 11.5 Å². The van der Waals surface area contributed by atoms with E-state index in [2.05, 4.69) is 9.97 Å². The Morgan fingerprint density at radius 3 is 2.83 bits per heavy atom. The summed E-state index contributed by atoms with van der Waals surface area (Å²) in [7, 11) is 0. The van der Waals surface area contributed by atoms with Crippen LogP contribution in [0.2, 0.25) is 5.02 Å². The zero-order valence-corrected chi connectivity index (χ0v) is 13.1. The van der Waals surface area contributed by atoms with E-state index in [1.807, 2.05) is 0 Å². The number of nitrogens with zero attached hydrogens (tertiary/aromatic N) is 2. The van der Waals surface area contributed by atoms with E-state index in [9.17, 15) is 4.79 Å². The molecular weight excluding hydrogens is 332 g/mol. The number of carbonyl (C=O) groups excluding carboxylic acids is 1. The second-order valence-electron chi connectivity index (χ2n) is 5.15. The van der Waals surface area contributed by atoms with Gasteiger partial charge in [0.2, 0.25) is 6.79 Å². The molecule has 0 saturated heterocycles. The van der Waals surface area contributed by atoms with Crippen LogP contribution in [0.3, 0.4) is 0 Å². The molecule has 6 nitrogen and oxygen atoms in total. The first-order chi connectivity index (χ1) is 11.7. The third-order valence-electron chi connectivity index (χ3n) is 3.56. The largest absolute Gasteiger partial charge is 0.457 e. The smallest absolute Gasteiger partial charge is 0.338 e. The lowest BCUT2D eigenvalue weighted by molar-refractivity contribution is 0.0472. The van der Waals surface area contributed by atoms with Gasteiger partial charge >= 0.3 is 5.97 Å². The third kappa shape index (κ3) is 2.72. The van der Waals surface area contributed by atoms with E-state index in [0.717, 1.165) is 11.1 Å². The molecule has 1 aromatic heterocycles. The molecule has 24 heavy (non-hydrogen) atoms. The number of aromatic nitrogens is 2. The molecule has 120 valence electrons. The zero-order valence-electron chi connectivity index (χ0n) is 12.4. The topological polar surface area (TPSA) is 70.5 Å². The van der Waals surface area contributed by atoms with Crippen molar-refractivity contribution in [3.63, 3.8) is 0 Å². The normalized spacial score (nSPS) is 12.4. The van der Waals surface area contributed by atoms with Gasteiger partial charge in [-0.05, 0) is 35.9 Å². The Morgan fingerprint density at radius 1 is 1.12 bits per heavy atom. The van der Waals surface area contributed by atoms with Gasteiger partial charge in [-0.3, -0.25) is 9.97 Å². The predicted molar refractivity (Wildman–Crippen MR) is 86.2 cm³/mol. The number of halogens is 1. The van der Waals surface area contributed by atoms with Gasteiger partial charge in [-0.15, -0.1) is 0 Å². The molecule has 7 heteroatoms. The van der Waals surface area contributed by atoms with Crippen LogP contribution in [0.1, 0.15) is 15.9 Å². The van der Waals surface area contributed by atoms with Crippen molar-refractivity contribution in [2.24, 2.45) is 0 Å². The lowest BCUT2D eigenvalue weighted by Gasteiger charge is -2.07. The Bertz CT molecular complexity index is 945. The fourth-order valence-electron chi connectivity index (χ4n) is 2.43. The van der Waals surface area contributed by atoms with Crippen LogP contribution in [0.4, 0.5) is 0 Å². The van der Waals surface area contributed by atoms with E-state index in [1.54, 1.807) is 42.7 Å². The second-order valence-corrected chi connectivity index (χ2v) is 5.55. The first-order valence-corrected chi connectivity index (χ1v) is 7.54. The first kappa shape index (κ1) is 14.7. The summed E-state index contributed by atoms with van der Waals surface area (Å²) in [6.45, 7) is 0.212. The van der Waals surface area contributed by atoms with Crippen LogP contribution in [0, 0.1) is 0 Å². The number of hydrogen-bond donors (Lipinski definition) is 0. The first-order valence-electron chi connectivity index (χ1n) is 7.16. The van der Waals surface area contributed by atoms with E-state index in [1.165, 1.54) is 0 Å². The van der Waals surface area contributed by atoms with Crippen molar-refractivity contribution in [3.05, 3.63) is 58.9 Å². The molecule has 0 amide bonds. The molecule has 0 atom stereocenters. The SMILES string of the molecule is O=C(OCc1cc(Cl)c2c(c1)OCO2)c1ccc2nccnc2c1. The van der Waals surface area contributed by atoms with Gasteiger partial charge in [-0.25, -0.2) is 4.79 Å². The van der Waals surface area contributed by atoms with Crippen molar-refractivity contribution in [1.82, 2.24) is 9.97 Å². The summed E-state index contributed by atoms with van der Waals surface area (Å²) in [6.07, 6.45) is 3.18. The van der Waals surface area contributed by atoms with Crippen LogP contribution in [-0.2, 0) is 11.3 Å². The third-order valence-corrected chi connectivity index (χ3v) is 3.84. The summed E-state index contributed by atoms with van der Waals surface area (Å²) in [4.78, 5) is 20.6. The molecule has 0 unspecified atom stereocenters. The lowest BCUT2D eigenvalue weighted by atomic mass is 10.2. The monoisotopic (exact) mass is 342 g/mol. The number of fused-ring (bicyclic) bond motifs is 2. The lowest BCUT2D eigenvalue weighted by Crippen LogP contribution is -2.05. The van der Waals surface area contributed by atoms with E-state index in [0.29, 0.717) is 27.6 Å². The number of hydrogen-bond acceptors (Lipinski definition) is 6. The van der Waals surface area contributed by atoms with E-state index in [4.69, 9.17) is 25.8 Å². The minimum atomic E-state index is -0.448. The highest BCUT2D eigenvalue weighted by atomic mass is 35.5. The minimum Gasteiger partial charge on any atom is -0.457 e. The van der Waals surface area contributed by atoms with Crippen molar-refractivity contribution in [3.8, 4) is 11.5 Å². The van der Waals surface area contributed by atoms with Gasteiger partial charge in [-0.1, -0.05) is 11.6 Å². The van der Waals surface area contributed by atoms with Crippen molar-refractivity contribution in [2.75, 3.05) is 6.79 Å². The van der Waals surface area contributed by atoms with Crippen molar-refractivity contribution in [1.29, 1.82) is 0 Å². The number of esters is 1. The Labute approximate surface area is 142 Å². The van der Waals surface area contributed by atoms with E-state index >= 15 is 0 Å². The minimum absolute atomic E-state index is 0.0771. The maximum atomic E-state index is 12.2. The van der Waals surface area contributed by atoms with Gasteiger partial charge in [0, 0.05) is 12.4 Å². The second kappa shape index (κ2) is 5.98. The van der Waals surface area contributed by atoms with Crippen molar-refractivity contribution in [2.45, 2.75) is 6.61 Å². The molecular formula is C17H11ClN2O4. The summed E-state index contributed by atoms with van der Waals surface area (Å²) >= 11 is 6.11. The van der Waals surface area contributed by atoms with Gasteiger partial charge in [0.25, 0.3) is 0 Å². The molecule has 0 N–H and O–H groups in total. The summed E-state index contributed by atoms with van der Waals surface area (Å²) < 4.78 is 15.9. The average molecular weight is 343 g/mol. The molecule has 0 fully saturated rings. The molecule has 0 spiro atoms. The molecule has 1 aliphatic heterocycles. The average Bonchev–Trinajstić information content (AvgIpc) is 3.08. The van der Waals surface area contributed by atoms with Crippen LogP contribution < -0.4 is 9.47 Å². The number of carbonyl (C=O) groups is 1. The molecule has 0 bridgehead atoms. The van der Waals surface area contributed by atoms with Crippen molar-refractivity contribution < 1.29 is 19.0 Å². The van der Waals surface area contributed by atoms with Crippen LogP contribution >= 0.6 is 11.6 Å². The standard InChI is InChI=1S/C17H11ClN2O4/c18-12-5-10(6-15-16(12)24-9-23-15)8-22-17(21)11-1-2-13-14(7-11)20-4-3-19-13/h1-7H,8-9H2.